The number of fused-ring (bicyclic) bond motifs is 1. The van der Waals surface area contributed by atoms with E-state index >= 15 is 0 Å². The summed E-state index contributed by atoms with van der Waals surface area (Å²) in [5.41, 5.74) is 1.23. The third-order valence-corrected chi connectivity index (χ3v) is 5.53. The molecule has 0 radical (unpaired) electrons. The van der Waals surface area contributed by atoms with Crippen LogP contribution in [0.15, 0.2) is 35.5 Å². The average molecular weight is 362 g/mol. The van der Waals surface area contributed by atoms with Crippen molar-refractivity contribution in [3.63, 3.8) is 0 Å². The third-order valence-electron chi connectivity index (χ3n) is 4.16. The minimum atomic E-state index is -3.69. The second-order valence-corrected chi connectivity index (χ2v) is 7.53. The number of nitrogens with zero attached hydrogens (tertiary/aromatic N) is 3. The van der Waals surface area contributed by atoms with Crippen LogP contribution in [-0.2, 0) is 21.2 Å². The molecule has 3 heterocycles. The van der Waals surface area contributed by atoms with Gasteiger partial charge in [-0.1, -0.05) is 0 Å². The standard InChI is InChI=1S/C16H18N4O4S/c21-25(22,14-1-2-15-12(9-14)3-6-24-15)19-13-10-17-16(18-11-13)20-4-7-23-8-5-20/h1-2,9-11,19H,3-8H2. The number of hydrogen-bond acceptors (Lipinski definition) is 7. The fourth-order valence-electron chi connectivity index (χ4n) is 2.84. The largest absolute Gasteiger partial charge is 0.493 e. The number of ether oxygens (including phenoxy) is 2. The number of benzene rings is 1. The van der Waals surface area contributed by atoms with E-state index < -0.39 is 10.0 Å². The molecule has 2 aliphatic rings. The van der Waals surface area contributed by atoms with Crippen LogP contribution < -0.4 is 14.4 Å². The van der Waals surface area contributed by atoms with E-state index in [0.29, 0.717) is 31.5 Å². The molecule has 1 saturated heterocycles. The average Bonchev–Trinajstić information content (AvgIpc) is 3.10. The number of anilines is 2. The number of hydrogen-bond donors (Lipinski definition) is 1. The molecule has 0 unspecified atom stereocenters. The molecule has 0 atom stereocenters. The van der Waals surface area contributed by atoms with Crippen LogP contribution in [0.1, 0.15) is 5.56 Å². The summed E-state index contributed by atoms with van der Waals surface area (Å²) in [6.07, 6.45) is 3.67. The molecule has 0 aliphatic carbocycles. The minimum absolute atomic E-state index is 0.203. The first kappa shape index (κ1) is 16.1. The monoisotopic (exact) mass is 362 g/mol. The van der Waals surface area contributed by atoms with Crippen LogP contribution in [0.5, 0.6) is 5.75 Å². The van der Waals surface area contributed by atoms with Gasteiger partial charge in [0.15, 0.2) is 0 Å². The zero-order chi connectivity index (χ0) is 17.3. The normalized spacial score (nSPS) is 17.0. The summed E-state index contributed by atoms with van der Waals surface area (Å²) in [6, 6.07) is 4.87. The van der Waals surface area contributed by atoms with Crippen molar-refractivity contribution in [1.82, 2.24) is 9.97 Å². The topological polar surface area (TPSA) is 93.7 Å². The maximum absolute atomic E-state index is 12.6. The zero-order valence-electron chi connectivity index (χ0n) is 13.5. The number of rotatable bonds is 4. The lowest BCUT2D eigenvalue weighted by Crippen LogP contribution is -2.37. The van der Waals surface area contributed by atoms with Crippen molar-refractivity contribution in [2.75, 3.05) is 42.5 Å². The quantitative estimate of drug-likeness (QED) is 0.869. The van der Waals surface area contributed by atoms with Gasteiger partial charge in [-0.25, -0.2) is 18.4 Å². The van der Waals surface area contributed by atoms with Gasteiger partial charge in [-0.2, -0.15) is 0 Å². The van der Waals surface area contributed by atoms with Gasteiger partial charge in [0.1, 0.15) is 5.75 Å². The molecule has 1 fully saturated rings. The van der Waals surface area contributed by atoms with Crippen LogP contribution in [-0.4, -0.2) is 51.3 Å². The predicted octanol–water partition coefficient (Wildman–Crippen LogP) is 1.05. The second kappa shape index (κ2) is 6.49. The number of nitrogens with one attached hydrogen (secondary N) is 1. The molecule has 0 saturated carbocycles. The Morgan fingerprint density at radius 3 is 2.60 bits per heavy atom. The maximum atomic E-state index is 12.6. The van der Waals surface area contributed by atoms with Gasteiger partial charge in [-0.05, 0) is 23.8 Å². The van der Waals surface area contributed by atoms with Gasteiger partial charge in [-0.15, -0.1) is 0 Å². The molecule has 0 amide bonds. The van der Waals surface area contributed by atoms with Gasteiger partial charge in [0, 0.05) is 19.5 Å². The smallest absolute Gasteiger partial charge is 0.262 e. The van der Waals surface area contributed by atoms with Crippen LogP contribution in [0.25, 0.3) is 0 Å². The summed E-state index contributed by atoms with van der Waals surface area (Å²) in [6.45, 7) is 3.31. The van der Waals surface area contributed by atoms with Crippen LogP contribution in [0.3, 0.4) is 0 Å². The van der Waals surface area contributed by atoms with E-state index in [-0.39, 0.29) is 4.90 Å². The highest BCUT2D eigenvalue weighted by Crippen LogP contribution is 2.28. The number of morpholine rings is 1. The summed E-state index contributed by atoms with van der Waals surface area (Å²) in [4.78, 5) is 10.7. The highest BCUT2D eigenvalue weighted by molar-refractivity contribution is 7.92. The van der Waals surface area contributed by atoms with E-state index in [0.717, 1.165) is 30.8 Å². The summed E-state index contributed by atoms with van der Waals surface area (Å²) in [7, 11) is -3.69. The molecule has 0 bridgehead atoms. The summed E-state index contributed by atoms with van der Waals surface area (Å²) in [5, 5.41) is 0. The molecule has 1 aromatic heterocycles. The summed E-state index contributed by atoms with van der Waals surface area (Å²) in [5.74, 6) is 1.32. The van der Waals surface area contributed by atoms with Crippen LogP contribution in [0.4, 0.5) is 11.6 Å². The Morgan fingerprint density at radius 2 is 1.84 bits per heavy atom. The van der Waals surface area contributed by atoms with Crippen molar-refractivity contribution < 1.29 is 17.9 Å². The van der Waals surface area contributed by atoms with Gasteiger partial charge >= 0.3 is 0 Å². The predicted molar refractivity (Wildman–Crippen MR) is 91.5 cm³/mol. The Hall–Kier alpha value is -2.39. The third kappa shape index (κ3) is 3.38. The molecule has 1 N–H and O–H groups in total. The zero-order valence-corrected chi connectivity index (χ0v) is 14.3. The molecule has 1 aromatic carbocycles. The van der Waals surface area contributed by atoms with Crippen LogP contribution >= 0.6 is 0 Å². The molecular formula is C16H18N4O4S. The number of aromatic nitrogens is 2. The lowest BCUT2D eigenvalue weighted by molar-refractivity contribution is 0.122. The van der Waals surface area contributed by atoms with E-state index in [9.17, 15) is 8.42 Å². The first-order chi connectivity index (χ1) is 12.1. The molecule has 25 heavy (non-hydrogen) atoms. The van der Waals surface area contributed by atoms with Crippen molar-refractivity contribution in [3.05, 3.63) is 36.2 Å². The molecule has 9 heteroatoms. The fourth-order valence-corrected chi connectivity index (χ4v) is 3.92. The van der Waals surface area contributed by atoms with E-state index in [2.05, 4.69) is 14.7 Å². The molecule has 4 rings (SSSR count). The van der Waals surface area contributed by atoms with Gasteiger partial charge in [0.2, 0.25) is 5.95 Å². The van der Waals surface area contributed by atoms with Crippen molar-refractivity contribution in [2.45, 2.75) is 11.3 Å². The second-order valence-electron chi connectivity index (χ2n) is 5.84. The first-order valence-corrected chi connectivity index (χ1v) is 9.53. The van der Waals surface area contributed by atoms with Crippen LogP contribution in [0, 0.1) is 0 Å². The highest BCUT2D eigenvalue weighted by Gasteiger charge is 2.20. The fraction of sp³-hybridized carbons (Fsp3) is 0.375. The van der Waals surface area contributed by atoms with Crippen molar-refractivity contribution in [3.8, 4) is 5.75 Å². The summed E-state index contributed by atoms with van der Waals surface area (Å²) >= 11 is 0. The van der Waals surface area contributed by atoms with E-state index in [1.807, 2.05) is 4.90 Å². The highest BCUT2D eigenvalue weighted by atomic mass is 32.2. The van der Waals surface area contributed by atoms with Gasteiger partial charge in [0.05, 0.1) is 42.8 Å². The van der Waals surface area contributed by atoms with E-state index in [1.165, 1.54) is 18.5 Å². The van der Waals surface area contributed by atoms with Crippen molar-refractivity contribution >= 4 is 21.7 Å². The lowest BCUT2D eigenvalue weighted by atomic mass is 10.2. The van der Waals surface area contributed by atoms with E-state index in [4.69, 9.17) is 9.47 Å². The molecule has 2 aliphatic heterocycles. The van der Waals surface area contributed by atoms with Crippen molar-refractivity contribution in [2.24, 2.45) is 0 Å². The molecule has 132 valence electrons. The Bertz CT molecular complexity index is 864. The molecule has 0 spiro atoms. The Kier molecular flexibility index (Phi) is 4.18. The Balaban J connectivity index is 1.50. The Morgan fingerprint density at radius 1 is 1.08 bits per heavy atom. The van der Waals surface area contributed by atoms with Gasteiger partial charge in [-0.3, -0.25) is 4.72 Å². The molecule has 8 nitrogen and oxygen atoms in total. The SMILES string of the molecule is O=S(=O)(Nc1cnc(N2CCOCC2)nc1)c1ccc2c(c1)CCO2. The minimum Gasteiger partial charge on any atom is -0.493 e. The number of sulfonamides is 1. The summed E-state index contributed by atoms with van der Waals surface area (Å²) < 4.78 is 38.3. The van der Waals surface area contributed by atoms with E-state index in [1.54, 1.807) is 12.1 Å². The van der Waals surface area contributed by atoms with Crippen molar-refractivity contribution in [1.29, 1.82) is 0 Å². The Labute approximate surface area is 145 Å². The maximum Gasteiger partial charge on any atom is 0.262 e. The van der Waals surface area contributed by atoms with Gasteiger partial charge in [0.25, 0.3) is 10.0 Å². The molecule has 2 aromatic rings. The first-order valence-electron chi connectivity index (χ1n) is 8.05. The molecular weight excluding hydrogens is 344 g/mol. The van der Waals surface area contributed by atoms with Crippen LogP contribution in [0.2, 0.25) is 0 Å². The lowest BCUT2D eigenvalue weighted by Gasteiger charge is -2.26. The van der Waals surface area contributed by atoms with Gasteiger partial charge < -0.3 is 14.4 Å².